The monoisotopic (exact) mass is 340 g/mol. The molecule has 105 valence electrons. The quantitative estimate of drug-likeness (QED) is 0.426. The summed E-state index contributed by atoms with van der Waals surface area (Å²) in [4.78, 5) is 4.47. The van der Waals surface area contributed by atoms with Gasteiger partial charge in [0.1, 0.15) is 0 Å². The van der Waals surface area contributed by atoms with E-state index < -0.39 is 0 Å². The molecule has 0 aliphatic heterocycles. The van der Waals surface area contributed by atoms with E-state index in [9.17, 15) is 0 Å². The molecule has 0 saturated carbocycles. The molecule has 1 radical (unpaired) electrons. The minimum atomic E-state index is 0. The molecule has 0 aliphatic rings. The maximum atomic E-state index is 4.47. The summed E-state index contributed by atoms with van der Waals surface area (Å²) in [6, 6.07) is 5.79. The van der Waals surface area contributed by atoms with Crippen molar-refractivity contribution >= 4 is 11.4 Å². The molecule has 19 heavy (non-hydrogen) atoms. The third kappa shape index (κ3) is 7.42. The fourth-order valence-electron chi connectivity index (χ4n) is 1.29. The molecule has 0 fully saturated rings. The topological polar surface area (TPSA) is 61.7 Å². The maximum Gasteiger partial charge on any atom is 2.00 e. The largest absolute Gasteiger partial charge is 2.00 e. The smallest absolute Gasteiger partial charge is 1.00 e. The van der Waals surface area contributed by atoms with Crippen molar-refractivity contribution in [3.8, 4) is 0 Å². The standard InChI is InChI=1S/C11H17N5.2ClH.V/c1-8(15-12-3)10-6-5-7-11(14-10)9(2)16-13-4;;;/h5-7,12-13H,1-4H3;2*1H;/q;;;+2/p-2. The molecular formula is C11H17Cl2N5V. The zero-order valence-electron chi connectivity index (χ0n) is 11.3. The van der Waals surface area contributed by atoms with Crippen molar-refractivity contribution in [2.75, 3.05) is 14.1 Å². The molecule has 0 bridgehead atoms. The van der Waals surface area contributed by atoms with Gasteiger partial charge in [0, 0.05) is 14.1 Å². The van der Waals surface area contributed by atoms with Gasteiger partial charge in [0.25, 0.3) is 0 Å². The molecule has 0 saturated heterocycles. The average molecular weight is 341 g/mol. The van der Waals surface area contributed by atoms with Crippen LogP contribution in [-0.2, 0) is 18.6 Å². The number of hydrogen-bond acceptors (Lipinski definition) is 5. The second-order valence-electron chi connectivity index (χ2n) is 3.25. The van der Waals surface area contributed by atoms with Gasteiger partial charge in [-0.2, -0.15) is 10.2 Å². The van der Waals surface area contributed by atoms with Crippen molar-refractivity contribution in [3.63, 3.8) is 0 Å². The molecule has 8 heteroatoms. The summed E-state index contributed by atoms with van der Waals surface area (Å²) in [6.45, 7) is 3.82. The van der Waals surface area contributed by atoms with E-state index in [0.717, 1.165) is 22.8 Å². The summed E-state index contributed by atoms with van der Waals surface area (Å²) in [5.74, 6) is 0. The molecule has 1 aromatic rings. The van der Waals surface area contributed by atoms with Gasteiger partial charge in [-0.05, 0) is 26.0 Å². The summed E-state index contributed by atoms with van der Waals surface area (Å²) < 4.78 is 0. The van der Waals surface area contributed by atoms with Crippen molar-refractivity contribution in [2.24, 2.45) is 10.2 Å². The van der Waals surface area contributed by atoms with Crippen molar-refractivity contribution in [2.45, 2.75) is 13.8 Å². The number of halogens is 2. The van der Waals surface area contributed by atoms with Crippen LogP contribution in [0.25, 0.3) is 0 Å². The van der Waals surface area contributed by atoms with Crippen LogP contribution in [0.5, 0.6) is 0 Å². The Morgan fingerprint density at radius 2 is 1.32 bits per heavy atom. The van der Waals surface area contributed by atoms with Crippen LogP contribution in [0.2, 0.25) is 0 Å². The Morgan fingerprint density at radius 3 is 1.63 bits per heavy atom. The van der Waals surface area contributed by atoms with Gasteiger partial charge in [0.15, 0.2) is 0 Å². The summed E-state index contributed by atoms with van der Waals surface area (Å²) in [5.41, 5.74) is 8.88. The molecule has 5 nitrogen and oxygen atoms in total. The number of aromatic nitrogens is 1. The van der Waals surface area contributed by atoms with Crippen LogP contribution in [0.1, 0.15) is 25.2 Å². The molecule has 0 aliphatic carbocycles. The van der Waals surface area contributed by atoms with Crippen LogP contribution < -0.4 is 35.7 Å². The Labute approximate surface area is 138 Å². The molecular weight excluding hydrogens is 324 g/mol. The van der Waals surface area contributed by atoms with Crippen molar-refractivity contribution in [3.05, 3.63) is 29.6 Å². The molecule has 0 amide bonds. The Bertz CT molecular complexity index is 388. The minimum Gasteiger partial charge on any atom is -1.00 e. The van der Waals surface area contributed by atoms with E-state index >= 15 is 0 Å². The van der Waals surface area contributed by atoms with Gasteiger partial charge >= 0.3 is 18.6 Å². The molecule has 1 rings (SSSR count). The van der Waals surface area contributed by atoms with Crippen LogP contribution in [0.4, 0.5) is 0 Å². The molecule has 0 spiro atoms. The van der Waals surface area contributed by atoms with Gasteiger partial charge in [0.2, 0.25) is 0 Å². The fraction of sp³-hybridized carbons (Fsp3) is 0.364. The fourth-order valence-corrected chi connectivity index (χ4v) is 1.29. The van der Waals surface area contributed by atoms with Crippen molar-refractivity contribution in [1.82, 2.24) is 15.8 Å². The number of nitrogens with zero attached hydrogens (tertiary/aromatic N) is 3. The van der Waals surface area contributed by atoms with Crippen LogP contribution in [0, 0.1) is 0 Å². The first kappa shape index (κ1) is 23.4. The second kappa shape index (κ2) is 12.3. The van der Waals surface area contributed by atoms with Crippen LogP contribution >= 0.6 is 0 Å². The Hall–Kier alpha value is -0.746. The summed E-state index contributed by atoms with van der Waals surface area (Å²) >= 11 is 0. The maximum absolute atomic E-state index is 4.47. The summed E-state index contributed by atoms with van der Waals surface area (Å²) in [6.07, 6.45) is 0. The van der Waals surface area contributed by atoms with Crippen LogP contribution in [-0.4, -0.2) is 30.5 Å². The van der Waals surface area contributed by atoms with Crippen molar-refractivity contribution < 1.29 is 43.4 Å². The van der Waals surface area contributed by atoms with Gasteiger partial charge in [-0.15, -0.1) is 0 Å². The third-order valence-corrected chi connectivity index (χ3v) is 2.05. The van der Waals surface area contributed by atoms with E-state index in [1.54, 1.807) is 14.1 Å². The van der Waals surface area contributed by atoms with E-state index in [2.05, 4.69) is 26.0 Å². The predicted molar refractivity (Wildman–Crippen MR) is 66.8 cm³/mol. The number of hydrogen-bond donors (Lipinski definition) is 2. The summed E-state index contributed by atoms with van der Waals surface area (Å²) in [5, 5.41) is 8.18. The number of pyridine rings is 1. The normalized spacial score (nSPS) is 10.5. The van der Waals surface area contributed by atoms with Gasteiger partial charge in [-0.25, -0.2) is 4.98 Å². The Balaban J connectivity index is -0.000000853. The van der Waals surface area contributed by atoms with E-state index in [1.807, 2.05) is 32.0 Å². The molecule has 2 N–H and O–H groups in total. The van der Waals surface area contributed by atoms with Gasteiger partial charge in [-0.1, -0.05) is 6.07 Å². The van der Waals surface area contributed by atoms with Gasteiger partial charge < -0.3 is 35.7 Å². The second-order valence-corrected chi connectivity index (χ2v) is 3.25. The first-order chi connectivity index (χ1) is 7.69. The number of hydrazone groups is 2. The van der Waals surface area contributed by atoms with E-state index in [4.69, 9.17) is 0 Å². The zero-order valence-corrected chi connectivity index (χ0v) is 14.2. The number of nitrogens with one attached hydrogen (secondary N) is 2. The molecule has 0 atom stereocenters. The minimum absolute atomic E-state index is 0. The SMILES string of the molecule is CNN=C(C)c1cccc(C(C)=NNC)n1.[Cl-].[Cl-].[V+2]. The van der Waals surface area contributed by atoms with Gasteiger partial charge in [0.05, 0.1) is 22.8 Å². The van der Waals surface area contributed by atoms with E-state index in [1.165, 1.54) is 0 Å². The molecule has 0 aromatic carbocycles. The zero-order chi connectivity index (χ0) is 12.0. The third-order valence-electron chi connectivity index (χ3n) is 2.05. The van der Waals surface area contributed by atoms with E-state index in [-0.39, 0.29) is 43.4 Å². The summed E-state index contributed by atoms with van der Waals surface area (Å²) in [7, 11) is 3.53. The molecule has 1 heterocycles. The Kier molecular flexibility index (Phi) is 15.1. The molecule has 1 aromatic heterocycles. The van der Waals surface area contributed by atoms with Gasteiger partial charge in [-0.3, -0.25) is 0 Å². The molecule has 0 unspecified atom stereocenters. The van der Waals surface area contributed by atoms with Crippen molar-refractivity contribution in [1.29, 1.82) is 0 Å². The first-order valence-electron chi connectivity index (χ1n) is 5.09. The number of rotatable bonds is 4. The average Bonchev–Trinajstić information content (AvgIpc) is 2.30. The predicted octanol–water partition coefficient (Wildman–Crippen LogP) is -5.03. The van der Waals surface area contributed by atoms with Crippen LogP contribution in [0.3, 0.4) is 0 Å². The Morgan fingerprint density at radius 1 is 0.947 bits per heavy atom. The van der Waals surface area contributed by atoms with E-state index in [0.29, 0.717) is 0 Å². The first-order valence-corrected chi connectivity index (χ1v) is 5.09. The van der Waals surface area contributed by atoms with Crippen LogP contribution in [0.15, 0.2) is 28.4 Å².